The number of nitrogens with zero attached hydrogens (tertiary/aromatic N) is 2. The Bertz CT molecular complexity index is 623. The fourth-order valence-electron chi connectivity index (χ4n) is 8.11. The topological polar surface area (TPSA) is 0 Å². The number of likely N-dealkylation sites (N-methyl/N-ethyl adjacent to an activating group) is 2. The van der Waals surface area contributed by atoms with Crippen LogP contribution < -0.4 is 24.8 Å². The number of halogens is 2. The average Bonchev–Trinajstić information content (AvgIpc) is 3.06. The van der Waals surface area contributed by atoms with Crippen LogP contribution in [0.3, 0.4) is 0 Å². The zero-order chi connectivity index (χ0) is 35.4. The van der Waals surface area contributed by atoms with Crippen LogP contribution in [0.5, 0.6) is 0 Å². The van der Waals surface area contributed by atoms with E-state index in [0.29, 0.717) is 0 Å². The summed E-state index contributed by atoms with van der Waals surface area (Å²) in [5.74, 6) is 0. The van der Waals surface area contributed by atoms with Crippen LogP contribution in [-0.2, 0) is 0 Å². The van der Waals surface area contributed by atoms with E-state index in [0.717, 1.165) is 6.04 Å². The lowest BCUT2D eigenvalue weighted by Gasteiger charge is -2.42. The number of unbranched alkanes of at least 4 members (excludes halogenated alkanes) is 31. The van der Waals surface area contributed by atoms with Gasteiger partial charge in [0, 0.05) is 6.42 Å². The SMILES string of the molecule is CCCCCCCCCCCCCCCCCC[N+](C)(C)CC(CCCCCCCCCCCCCCCC)[N+](C)(C)CCCCCC.[Cl-].[Cl-]. The molecule has 0 fully saturated rings. The van der Waals surface area contributed by atoms with E-state index in [1.807, 2.05) is 0 Å². The van der Waals surface area contributed by atoms with Gasteiger partial charge in [-0.2, -0.15) is 0 Å². The Morgan fingerprint density at radius 3 is 0.860 bits per heavy atom. The molecule has 0 radical (unpaired) electrons. The maximum absolute atomic E-state index is 2.56. The minimum Gasteiger partial charge on any atom is -1.00 e. The number of hydrogen-bond donors (Lipinski definition) is 0. The Labute approximate surface area is 331 Å². The van der Waals surface area contributed by atoms with E-state index in [9.17, 15) is 0 Å². The Morgan fingerprint density at radius 2 is 0.540 bits per heavy atom. The zero-order valence-electron chi connectivity index (χ0n) is 36.1. The van der Waals surface area contributed by atoms with Crippen LogP contribution >= 0.6 is 0 Å². The fourth-order valence-corrected chi connectivity index (χ4v) is 8.11. The fraction of sp³-hybridized carbons (Fsp3) is 1.00. The summed E-state index contributed by atoms with van der Waals surface area (Å²) in [4.78, 5) is 0. The van der Waals surface area contributed by atoms with Crippen molar-refractivity contribution in [3.8, 4) is 0 Å². The predicted molar refractivity (Wildman–Crippen MR) is 221 cm³/mol. The molecule has 2 nitrogen and oxygen atoms in total. The second-order valence-corrected chi connectivity index (χ2v) is 17.7. The van der Waals surface area contributed by atoms with Crippen molar-refractivity contribution in [3.63, 3.8) is 0 Å². The summed E-state index contributed by atoms with van der Waals surface area (Å²) in [5.41, 5.74) is 0. The van der Waals surface area contributed by atoms with Crippen LogP contribution in [0.2, 0.25) is 0 Å². The second-order valence-electron chi connectivity index (χ2n) is 17.7. The van der Waals surface area contributed by atoms with Gasteiger partial charge in [0.05, 0.1) is 41.3 Å². The third-order valence-corrected chi connectivity index (χ3v) is 11.8. The summed E-state index contributed by atoms with van der Waals surface area (Å²) >= 11 is 0. The highest BCUT2D eigenvalue weighted by molar-refractivity contribution is 4.62. The van der Waals surface area contributed by atoms with E-state index in [-0.39, 0.29) is 24.8 Å². The molecule has 0 saturated heterocycles. The molecular weight excluding hydrogens is 651 g/mol. The van der Waals surface area contributed by atoms with Gasteiger partial charge in [0.1, 0.15) is 12.6 Å². The lowest BCUT2D eigenvalue weighted by Crippen LogP contribution is -3.00. The first-order chi connectivity index (χ1) is 23.3. The van der Waals surface area contributed by atoms with Gasteiger partial charge in [-0.15, -0.1) is 0 Å². The van der Waals surface area contributed by atoms with E-state index in [4.69, 9.17) is 0 Å². The maximum Gasteiger partial charge on any atom is 0.138 e. The Balaban J connectivity index is -0.0000110. The average molecular weight is 750 g/mol. The van der Waals surface area contributed by atoms with Crippen molar-refractivity contribution in [2.75, 3.05) is 47.8 Å². The van der Waals surface area contributed by atoms with Crippen LogP contribution in [-0.4, -0.2) is 62.8 Å². The lowest BCUT2D eigenvalue weighted by atomic mass is 10.0. The molecule has 0 aliphatic rings. The van der Waals surface area contributed by atoms with Gasteiger partial charge in [0.15, 0.2) is 0 Å². The van der Waals surface area contributed by atoms with Crippen LogP contribution in [0.25, 0.3) is 0 Å². The molecule has 0 aliphatic heterocycles. The monoisotopic (exact) mass is 749 g/mol. The Hall–Kier alpha value is 0.500. The van der Waals surface area contributed by atoms with Gasteiger partial charge in [-0.1, -0.05) is 207 Å². The van der Waals surface area contributed by atoms with Crippen LogP contribution in [0, 0.1) is 0 Å². The van der Waals surface area contributed by atoms with Crippen molar-refractivity contribution in [1.82, 2.24) is 0 Å². The van der Waals surface area contributed by atoms with Crippen molar-refractivity contribution in [2.45, 2.75) is 252 Å². The van der Waals surface area contributed by atoms with Gasteiger partial charge in [0.2, 0.25) is 0 Å². The number of hydrogen-bond acceptors (Lipinski definition) is 0. The molecule has 0 aromatic rings. The largest absolute Gasteiger partial charge is 1.00 e. The third kappa shape index (κ3) is 38.2. The standard InChI is InChI=1S/C46H98N2.2ClH/c1-8-11-14-17-19-21-23-25-27-28-30-32-34-36-38-40-43-47(4,5)45-46(48(6,7)44-41-16-13-10-3)42-39-37-35-33-31-29-26-24-22-20-18-15-12-9-2;;/h46H,8-45H2,1-7H3;2*1H/q+2;;/p-2. The van der Waals surface area contributed by atoms with Gasteiger partial charge in [0.25, 0.3) is 0 Å². The molecule has 0 aliphatic carbocycles. The van der Waals surface area contributed by atoms with E-state index in [2.05, 4.69) is 49.0 Å². The molecule has 0 aromatic heterocycles. The number of rotatable bonds is 40. The van der Waals surface area contributed by atoms with Crippen molar-refractivity contribution in [2.24, 2.45) is 0 Å². The predicted octanol–water partition coefficient (Wildman–Crippen LogP) is 9.23. The molecule has 0 spiro atoms. The van der Waals surface area contributed by atoms with Gasteiger partial charge in [-0.25, -0.2) is 0 Å². The molecular formula is C46H98Cl2N2. The molecule has 0 aromatic carbocycles. The first kappa shape index (κ1) is 54.8. The minimum absolute atomic E-state index is 0. The highest BCUT2D eigenvalue weighted by Crippen LogP contribution is 2.22. The second kappa shape index (κ2) is 40.7. The quantitative estimate of drug-likeness (QED) is 0.0433. The van der Waals surface area contributed by atoms with Gasteiger partial charge in [-0.05, 0) is 32.1 Å². The Kier molecular flexibility index (Phi) is 44.6. The summed E-state index contributed by atoms with van der Waals surface area (Å²) in [5, 5.41) is 0. The van der Waals surface area contributed by atoms with Crippen molar-refractivity contribution >= 4 is 0 Å². The lowest BCUT2D eigenvalue weighted by molar-refractivity contribution is -0.965. The minimum atomic E-state index is 0. The van der Waals surface area contributed by atoms with Crippen LogP contribution in [0.4, 0.5) is 0 Å². The van der Waals surface area contributed by atoms with E-state index < -0.39 is 0 Å². The summed E-state index contributed by atoms with van der Waals surface area (Å²) < 4.78 is 2.46. The molecule has 4 heteroatoms. The number of quaternary nitrogens is 2. The highest BCUT2D eigenvalue weighted by atomic mass is 35.5. The van der Waals surface area contributed by atoms with Crippen molar-refractivity contribution < 1.29 is 33.8 Å². The van der Waals surface area contributed by atoms with Gasteiger partial charge in [-0.3, -0.25) is 0 Å². The van der Waals surface area contributed by atoms with Gasteiger partial charge >= 0.3 is 0 Å². The molecule has 306 valence electrons. The van der Waals surface area contributed by atoms with Crippen molar-refractivity contribution in [3.05, 3.63) is 0 Å². The van der Waals surface area contributed by atoms with E-state index >= 15 is 0 Å². The van der Waals surface area contributed by atoms with E-state index in [1.165, 1.54) is 253 Å². The highest BCUT2D eigenvalue weighted by Gasteiger charge is 2.33. The Morgan fingerprint density at radius 1 is 0.300 bits per heavy atom. The summed E-state index contributed by atoms with van der Waals surface area (Å²) in [6.45, 7) is 11.1. The summed E-state index contributed by atoms with van der Waals surface area (Å²) in [6, 6.07) is 0.806. The third-order valence-electron chi connectivity index (χ3n) is 11.8. The first-order valence-electron chi connectivity index (χ1n) is 22.9. The molecule has 1 atom stereocenters. The smallest absolute Gasteiger partial charge is 0.138 e. The van der Waals surface area contributed by atoms with Crippen LogP contribution in [0.15, 0.2) is 0 Å². The van der Waals surface area contributed by atoms with Crippen LogP contribution in [0.1, 0.15) is 245 Å². The molecule has 0 N–H and O–H groups in total. The zero-order valence-corrected chi connectivity index (χ0v) is 37.6. The molecule has 50 heavy (non-hydrogen) atoms. The molecule has 0 saturated carbocycles. The molecule has 0 rings (SSSR count). The first-order valence-corrected chi connectivity index (χ1v) is 22.9. The van der Waals surface area contributed by atoms with Crippen molar-refractivity contribution in [1.29, 1.82) is 0 Å². The normalized spacial score (nSPS) is 12.5. The molecule has 0 heterocycles. The van der Waals surface area contributed by atoms with E-state index in [1.54, 1.807) is 0 Å². The maximum atomic E-state index is 2.56. The molecule has 0 amide bonds. The summed E-state index contributed by atoms with van der Waals surface area (Å²) in [6.07, 6.45) is 50.8. The molecule has 1 unspecified atom stereocenters. The molecule has 0 bridgehead atoms. The summed E-state index contributed by atoms with van der Waals surface area (Å²) in [7, 11) is 10.2. The van der Waals surface area contributed by atoms with Gasteiger partial charge < -0.3 is 33.8 Å².